The van der Waals surface area contributed by atoms with Crippen LogP contribution in [0.3, 0.4) is 0 Å². The highest BCUT2D eigenvalue weighted by atomic mass is 35.5. The predicted molar refractivity (Wildman–Crippen MR) is 83.7 cm³/mol. The second kappa shape index (κ2) is 6.91. The number of hydrogen-bond acceptors (Lipinski definition) is 4. The number of carbonyl (C=O) groups excluding carboxylic acids is 1. The number of amides is 2. The van der Waals surface area contributed by atoms with Crippen molar-refractivity contribution >= 4 is 29.4 Å². The Morgan fingerprint density at radius 1 is 1.25 bits per heavy atom. The van der Waals surface area contributed by atoms with Crippen molar-refractivity contribution in [2.24, 2.45) is 5.73 Å². The van der Waals surface area contributed by atoms with E-state index in [0.717, 1.165) is 5.56 Å². The lowest BCUT2D eigenvalue weighted by Crippen LogP contribution is -2.23. The van der Waals surface area contributed by atoms with Gasteiger partial charge in [-0.2, -0.15) is 18.2 Å². The number of primary amides is 1. The van der Waals surface area contributed by atoms with Gasteiger partial charge < -0.3 is 11.1 Å². The normalized spacial score (nSPS) is 12.5. The Bertz CT molecular complexity index is 739. The van der Waals surface area contributed by atoms with Gasteiger partial charge in [-0.25, -0.2) is 9.78 Å². The van der Waals surface area contributed by atoms with Crippen molar-refractivity contribution in [2.75, 3.05) is 10.6 Å². The quantitative estimate of drug-likeness (QED) is 0.773. The molecule has 1 unspecified atom stereocenters. The first kappa shape index (κ1) is 17.8. The molecule has 1 atom stereocenters. The molecule has 2 amide bonds. The summed E-state index contributed by atoms with van der Waals surface area (Å²) in [5, 5.41) is 4.00. The van der Waals surface area contributed by atoms with E-state index in [9.17, 15) is 18.0 Å². The number of anilines is 2. The number of halogens is 4. The van der Waals surface area contributed by atoms with Crippen LogP contribution in [0.4, 0.5) is 29.7 Å². The summed E-state index contributed by atoms with van der Waals surface area (Å²) in [6, 6.07) is 7.49. The van der Waals surface area contributed by atoms with Crippen molar-refractivity contribution in [3.8, 4) is 0 Å². The van der Waals surface area contributed by atoms with Gasteiger partial charge in [0.25, 0.3) is 0 Å². The molecule has 128 valence electrons. The van der Waals surface area contributed by atoms with Crippen LogP contribution in [-0.2, 0) is 6.18 Å². The summed E-state index contributed by atoms with van der Waals surface area (Å²) >= 11 is 5.78. The van der Waals surface area contributed by atoms with Crippen LogP contribution in [0.1, 0.15) is 24.2 Å². The third-order valence-electron chi connectivity index (χ3n) is 3.01. The van der Waals surface area contributed by atoms with Gasteiger partial charge >= 0.3 is 12.2 Å². The number of nitrogens with two attached hydrogens (primary N) is 1. The van der Waals surface area contributed by atoms with Crippen LogP contribution < -0.4 is 16.4 Å². The molecule has 2 rings (SSSR count). The van der Waals surface area contributed by atoms with Crippen LogP contribution in [-0.4, -0.2) is 16.0 Å². The van der Waals surface area contributed by atoms with Gasteiger partial charge in [-0.1, -0.05) is 41.9 Å². The second-order valence-corrected chi connectivity index (χ2v) is 5.20. The molecule has 0 aliphatic heterocycles. The SMILES string of the molecule is CC(Nc1nc(NC(N)=O)nc(C(F)(F)F)c1Cl)c1ccccc1. The maximum absolute atomic E-state index is 13.1. The van der Waals surface area contributed by atoms with Gasteiger partial charge in [-0.3, -0.25) is 5.32 Å². The monoisotopic (exact) mass is 359 g/mol. The molecule has 24 heavy (non-hydrogen) atoms. The molecule has 10 heteroatoms. The van der Waals surface area contributed by atoms with Crippen LogP contribution in [0.2, 0.25) is 5.02 Å². The van der Waals surface area contributed by atoms with Crippen LogP contribution in [0, 0.1) is 0 Å². The Balaban J connectivity index is 2.42. The molecule has 0 radical (unpaired) electrons. The Labute approximate surface area is 140 Å². The zero-order valence-corrected chi connectivity index (χ0v) is 13.1. The zero-order chi connectivity index (χ0) is 17.9. The number of alkyl halides is 3. The van der Waals surface area contributed by atoms with E-state index in [1.54, 1.807) is 31.2 Å². The highest BCUT2D eigenvalue weighted by Gasteiger charge is 2.37. The fraction of sp³-hybridized carbons (Fsp3) is 0.214. The first-order valence-electron chi connectivity index (χ1n) is 6.71. The minimum Gasteiger partial charge on any atom is -0.362 e. The van der Waals surface area contributed by atoms with E-state index in [1.165, 1.54) is 0 Å². The summed E-state index contributed by atoms with van der Waals surface area (Å²) in [7, 11) is 0. The van der Waals surface area contributed by atoms with Gasteiger partial charge in [0.05, 0.1) is 0 Å². The molecule has 0 saturated heterocycles. The molecule has 2 aromatic rings. The lowest BCUT2D eigenvalue weighted by Gasteiger charge is -2.18. The van der Waals surface area contributed by atoms with Crippen molar-refractivity contribution < 1.29 is 18.0 Å². The van der Waals surface area contributed by atoms with E-state index < -0.39 is 28.9 Å². The van der Waals surface area contributed by atoms with Crippen LogP contribution in [0.15, 0.2) is 30.3 Å². The van der Waals surface area contributed by atoms with E-state index >= 15 is 0 Å². The molecule has 4 N–H and O–H groups in total. The van der Waals surface area contributed by atoms with E-state index in [-0.39, 0.29) is 11.9 Å². The number of carbonyl (C=O) groups is 1. The first-order valence-corrected chi connectivity index (χ1v) is 7.09. The van der Waals surface area contributed by atoms with Crippen molar-refractivity contribution in [3.63, 3.8) is 0 Å². The number of rotatable bonds is 4. The summed E-state index contributed by atoms with van der Waals surface area (Å²) in [5.74, 6) is -0.860. The largest absolute Gasteiger partial charge is 0.435 e. The topological polar surface area (TPSA) is 92.9 Å². The molecule has 6 nitrogen and oxygen atoms in total. The van der Waals surface area contributed by atoms with Crippen LogP contribution >= 0.6 is 11.6 Å². The lowest BCUT2D eigenvalue weighted by atomic mass is 10.1. The Hall–Kier alpha value is -2.55. The third-order valence-corrected chi connectivity index (χ3v) is 3.37. The van der Waals surface area contributed by atoms with Gasteiger partial charge in [-0.05, 0) is 12.5 Å². The average molecular weight is 360 g/mol. The molecular weight excluding hydrogens is 347 g/mol. The molecule has 0 bridgehead atoms. The average Bonchev–Trinajstić information content (AvgIpc) is 2.49. The van der Waals surface area contributed by atoms with E-state index in [4.69, 9.17) is 17.3 Å². The summed E-state index contributed by atoms with van der Waals surface area (Å²) in [5.41, 5.74) is 4.34. The van der Waals surface area contributed by atoms with Gasteiger partial charge in [0.1, 0.15) is 5.02 Å². The Morgan fingerprint density at radius 3 is 2.42 bits per heavy atom. The van der Waals surface area contributed by atoms with Crippen LogP contribution in [0.25, 0.3) is 0 Å². The molecule has 1 aromatic heterocycles. The molecular formula is C14H13ClF3N5O. The van der Waals surface area contributed by atoms with Gasteiger partial charge in [0.15, 0.2) is 11.5 Å². The van der Waals surface area contributed by atoms with Crippen molar-refractivity contribution in [1.82, 2.24) is 9.97 Å². The molecule has 0 aliphatic carbocycles. The Kier molecular flexibility index (Phi) is 5.13. The fourth-order valence-corrected chi connectivity index (χ4v) is 2.17. The van der Waals surface area contributed by atoms with Gasteiger partial charge in [0.2, 0.25) is 5.95 Å². The highest BCUT2D eigenvalue weighted by molar-refractivity contribution is 6.33. The summed E-state index contributed by atoms with van der Waals surface area (Å²) in [6.45, 7) is 1.72. The molecule has 1 heterocycles. The third kappa shape index (κ3) is 4.25. The molecule has 0 saturated carbocycles. The molecule has 1 aromatic carbocycles. The van der Waals surface area contributed by atoms with Gasteiger partial charge in [0, 0.05) is 6.04 Å². The first-order chi connectivity index (χ1) is 11.2. The van der Waals surface area contributed by atoms with Crippen molar-refractivity contribution in [2.45, 2.75) is 19.1 Å². The second-order valence-electron chi connectivity index (χ2n) is 4.82. The number of hydrogen-bond donors (Lipinski definition) is 3. The lowest BCUT2D eigenvalue weighted by molar-refractivity contribution is -0.141. The number of aromatic nitrogens is 2. The number of urea groups is 1. The minimum absolute atomic E-state index is 0.265. The number of benzene rings is 1. The zero-order valence-electron chi connectivity index (χ0n) is 12.4. The molecule has 0 aliphatic rings. The minimum atomic E-state index is -4.82. The van der Waals surface area contributed by atoms with E-state index in [1.807, 2.05) is 11.4 Å². The summed E-state index contributed by atoms with van der Waals surface area (Å²) in [4.78, 5) is 17.9. The van der Waals surface area contributed by atoms with E-state index in [0.29, 0.717) is 0 Å². The maximum Gasteiger partial charge on any atom is 0.435 e. The van der Waals surface area contributed by atoms with Gasteiger partial charge in [-0.15, -0.1) is 0 Å². The highest BCUT2D eigenvalue weighted by Crippen LogP contribution is 2.37. The number of nitrogens with zero attached hydrogens (tertiary/aromatic N) is 2. The maximum atomic E-state index is 13.1. The van der Waals surface area contributed by atoms with E-state index in [2.05, 4.69) is 15.3 Å². The Morgan fingerprint density at radius 2 is 1.88 bits per heavy atom. The van der Waals surface area contributed by atoms with Crippen molar-refractivity contribution in [1.29, 1.82) is 0 Å². The van der Waals surface area contributed by atoms with Crippen molar-refractivity contribution in [3.05, 3.63) is 46.6 Å². The summed E-state index contributed by atoms with van der Waals surface area (Å²) in [6.07, 6.45) is -4.82. The number of nitrogens with one attached hydrogen (secondary N) is 2. The smallest absolute Gasteiger partial charge is 0.362 e. The predicted octanol–water partition coefficient (Wildman–Crippen LogP) is 3.81. The molecule has 0 fully saturated rings. The van der Waals surface area contributed by atoms with Crippen LogP contribution in [0.5, 0.6) is 0 Å². The fourth-order valence-electron chi connectivity index (χ4n) is 1.93. The summed E-state index contributed by atoms with van der Waals surface area (Å²) < 4.78 is 39.2. The molecule has 0 spiro atoms. The standard InChI is InChI=1S/C14H13ClF3N5O/c1-7(8-5-3-2-4-6-8)20-11-9(15)10(14(16,17)18)21-13(22-11)23-12(19)24/h2-7H,1H3,(H4,19,20,21,22,23,24).